The Morgan fingerprint density at radius 1 is 0.889 bits per heavy atom. The fourth-order valence-electron chi connectivity index (χ4n) is 4.24. The SMILES string of the molecule is O=C(NCc1ccncc1)C(=O)C(Cc1ccccc1)NC(=O)[C@@H]1CCC(=O)N1Cc1ccccc1. The summed E-state index contributed by atoms with van der Waals surface area (Å²) < 4.78 is 0. The lowest BCUT2D eigenvalue weighted by Crippen LogP contribution is -2.53. The van der Waals surface area contributed by atoms with E-state index in [0.29, 0.717) is 13.0 Å². The Morgan fingerprint density at radius 2 is 1.53 bits per heavy atom. The maximum absolute atomic E-state index is 13.3. The third-order valence-corrected chi connectivity index (χ3v) is 6.17. The van der Waals surface area contributed by atoms with Gasteiger partial charge in [-0.2, -0.15) is 0 Å². The van der Waals surface area contributed by atoms with E-state index in [1.807, 2.05) is 60.7 Å². The van der Waals surface area contributed by atoms with Gasteiger partial charge in [0.25, 0.3) is 5.91 Å². The van der Waals surface area contributed by atoms with E-state index in [-0.39, 0.29) is 25.3 Å². The minimum atomic E-state index is -1.06. The first-order valence-electron chi connectivity index (χ1n) is 11.9. The van der Waals surface area contributed by atoms with Crippen LogP contribution >= 0.6 is 0 Å². The number of hydrogen-bond acceptors (Lipinski definition) is 5. The fourth-order valence-corrected chi connectivity index (χ4v) is 4.24. The predicted octanol–water partition coefficient (Wildman–Crippen LogP) is 2.19. The summed E-state index contributed by atoms with van der Waals surface area (Å²) in [5.74, 6) is -2.06. The Balaban J connectivity index is 1.47. The van der Waals surface area contributed by atoms with E-state index in [1.54, 1.807) is 24.5 Å². The second-order valence-electron chi connectivity index (χ2n) is 8.71. The maximum Gasteiger partial charge on any atom is 0.289 e. The largest absolute Gasteiger partial charge is 0.345 e. The van der Waals surface area contributed by atoms with E-state index in [4.69, 9.17) is 0 Å². The maximum atomic E-state index is 13.3. The molecule has 3 amide bonds. The molecule has 0 spiro atoms. The van der Waals surface area contributed by atoms with Crippen molar-refractivity contribution in [2.75, 3.05) is 0 Å². The number of carbonyl (C=O) groups is 4. The van der Waals surface area contributed by atoms with Crippen molar-refractivity contribution in [1.29, 1.82) is 0 Å². The van der Waals surface area contributed by atoms with Gasteiger partial charge in [0.1, 0.15) is 12.1 Å². The lowest BCUT2D eigenvalue weighted by atomic mass is 10.0. The Hall–Kier alpha value is -4.33. The van der Waals surface area contributed by atoms with Gasteiger partial charge < -0.3 is 15.5 Å². The van der Waals surface area contributed by atoms with Crippen molar-refractivity contribution in [2.24, 2.45) is 0 Å². The Labute approximate surface area is 209 Å². The van der Waals surface area contributed by atoms with Crippen LogP contribution in [0.25, 0.3) is 0 Å². The highest BCUT2D eigenvalue weighted by atomic mass is 16.2. The topological polar surface area (TPSA) is 108 Å². The number of benzene rings is 2. The third-order valence-electron chi connectivity index (χ3n) is 6.17. The highest BCUT2D eigenvalue weighted by molar-refractivity contribution is 6.38. The number of rotatable bonds is 10. The van der Waals surface area contributed by atoms with Crippen LogP contribution in [0.1, 0.15) is 29.5 Å². The standard InChI is InChI=1S/C28H28N4O4/c33-25-12-11-24(32(25)19-22-9-5-2-6-10-22)27(35)31-23(17-20-7-3-1-4-8-20)26(34)28(36)30-18-21-13-15-29-16-14-21/h1-10,13-16,23-24H,11-12,17-19H2,(H,30,36)(H,31,35)/t23?,24-/m0/s1. The summed E-state index contributed by atoms with van der Waals surface area (Å²) in [7, 11) is 0. The minimum absolute atomic E-state index is 0.111. The number of likely N-dealkylation sites (tertiary alicyclic amines) is 1. The van der Waals surface area contributed by atoms with E-state index in [2.05, 4.69) is 15.6 Å². The molecule has 8 nitrogen and oxygen atoms in total. The van der Waals surface area contributed by atoms with Crippen LogP contribution in [0.4, 0.5) is 0 Å². The molecule has 2 aromatic carbocycles. The fraction of sp³-hybridized carbons (Fsp3) is 0.250. The molecule has 0 radical (unpaired) electrons. The van der Waals surface area contributed by atoms with Crippen LogP contribution in [0.3, 0.4) is 0 Å². The van der Waals surface area contributed by atoms with Crippen LogP contribution in [0, 0.1) is 0 Å². The molecule has 36 heavy (non-hydrogen) atoms. The number of nitrogens with one attached hydrogen (secondary N) is 2. The van der Waals surface area contributed by atoms with Crippen LogP contribution in [-0.2, 0) is 38.7 Å². The zero-order chi connectivity index (χ0) is 25.3. The van der Waals surface area contributed by atoms with Gasteiger partial charge in [0.05, 0.1) is 0 Å². The molecule has 0 aliphatic carbocycles. The molecule has 1 aromatic heterocycles. The van der Waals surface area contributed by atoms with Crippen molar-refractivity contribution in [3.05, 3.63) is 102 Å². The van der Waals surface area contributed by atoms with Crippen molar-refractivity contribution in [1.82, 2.24) is 20.5 Å². The second-order valence-corrected chi connectivity index (χ2v) is 8.71. The van der Waals surface area contributed by atoms with Crippen LogP contribution < -0.4 is 10.6 Å². The summed E-state index contributed by atoms with van der Waals surface area (Å²) in [5, 5.41) is 5.39. The number of amides is 3. The highest BCUT2D eigenvalue weighted by Gasteiger charge is 2.38. The second kappa shape index (κ2) is 11.9. The number of carbonyl (C=O) groups excluding carboxylic acids is 4. The molecule has 2 atom stereocenters. The summed E-state index contributed by atoms with van der Waals surface area (Å²) in [6.07, 6.45) is 3.98. The van der Waals surface area contributed by atoms with Gasteiger partial charge in [-0.1, -0.05) is 60.7 Å². The predicted molar refractivity (Wildman–Crippen MR) is 133 cm³/mol. The van der Waals surface area contributed by atoms with E-state index in [1.165, 1.54) is 4.90 Å². The zero-order valence-corrected chi connectivity index (χ0v) is 19.8. The van der Waals surface area contributed by atoms with Crippen LogP contribution in [-0.4, -0.2) is 45.5 Å². The summed E-state index contributed by atoms with van der Waals surface area (Å²) >= 11 is 0. The van der Waals surface area contributed by atoms with Crippen LogP contribution in [0.15, 0.2) is 85.2 Å². The molecule has 2 heterocycles. The highest BCUT2D eigenvalue weighted by Crippen LogP contribution is 2.22. The molecule has 2 N–H and O–H groups in total. The molecular weight excluding hydrogens is 456 g/mol. The first kappa shape index (κ1) is 24.8. The van der Waals surface area contributed by atoms with E-state index in [9.17, 15) is 19.2 Å². The van der Waals surface area contributed by atoms with Gasteiger partial charge in [-0.25, -0.2) is 0 Å². The minimum Gasteiger partial charge on any atom is -0.345 e. The van der Waals surface area contributed by atoms with Gasteiger partial charge in [0.2, 0.25) is 17.6 Å². The molecular formula is C28H28N4O4. The molecule has 1 unspecified atom stereocenters. The molecule has 1 saturated heterocycles. The molecule has 8 heteroatoms. The van der Waals surface area contributed by atoms with Crippen LogP contribution in [0.2, 0.25) is 0 Å². The average molecular weight is 485 g/mol. The van der Waals surface area contributed by atoms with E-state index < -0.39 is 29.7 Å². The van der Waals surface area contributed by atoms with Crippen molar-refractivity contribution in [3.63, 3.8) is 0 Å². The number of ketones is 1. The summed E-state index contributed by atoms with van der Waals surface area (Å²) in [4.78, 5) is 57.2. The third kappa shape index (κ3) is 6.41. The Bertz CT molecular complexity index is 1200. The number of nitrogens with zero attached hydrogens (tertiary/aromatic N) is 2. The first-order chi connectivity index (χ1) is 17.5. The lowest BCUT2D eigenvalue weighted by molar-refractivity contribution is -0.141. The lowest BCUT2D eigenvalue weighted by Gasteiger charge is -2.26. The van der Waals surface area contributed by atoms with Gasteiger partial charge in [-0.15, -0.1) is 0 Å². The number of aromatic nitrogens is 1. The Morgan fingerprint density at radius 3 is 2.19 bits per heavy atom. The van der Waals surface area contributed by atoms with Crippen molar-refractivity contribution in [3.8, 4) is 0 Å². The summed E-state index contributed by atoms with van der Waals surface area (Å²) in [6, 6.07) is 20.3. The molecule has 0 saturated carbocycles. The summed E-state index contributed by atoms with van der Waals surface area (Å²) in [6.45, 7) is 0.475. The molecule has 1 aliphatic heterocycles. The molecule has 0 bridgehead atoms. The zero-order valence-electron chi connectivity index (χ0n) is 19.8. The molecule has 1 fully saturated rings. The molecule has 184 valence electrons. The smallest absolute Gasteiger partial charge is 0.289 e. The van der Waals surface area contributed by atoms with Crippen molar-refractivity contribution < 1.29 is 19.2 Å². The Kier molecular flexibility index (Phi) is 8.18. The quantitative estimate of drug-likeness (QED) is 0.429. The summed E-state index contributed by atoms with van der Waals surface area (Å²) in [5.41, 5.74) is 2.52. The van der Waals surface area contributed by atoms with Gasteiger partial charge in [-0.3, -0.25) is 24.2 Å². The van der Waals surface area contributed by atoms with Crippen molar-refractivity contribution in [2.45, 2.75) is 44.4 Å². The van der Waals surface area contributed by atoms with E-state index in [0.717, 1.165) is 16.7 Å². The average Bonchev–Trinajstić information content (AvgIpc) is 3.28. The van der Waals surface area contributed by atoms with Crippen molar-refractivity contribution >= 4 is 23.5 Å². The number of Topliss-reactive ketones (excluding diaryl/α,β-unsaturated/α-hetero) is 1. The van der Waals surface area contributed by atoms with Gasteiger partial charge in [0.15, 0.2) is 0 Å². The van der Waals surface area contributed by atoms with E-state index >= 15 is 0 Å². The number of pyridine rings is 1. The molecule has 4 rings (SSSR count). The normalized spacial score (nSPS) is 15.8. The number of hydrogen-bond donors (Lipinski definition) is 2. The molecule has 1 aliphatic rings. The monoisotopic (exact) mass is 484 g/mol. The van der Waals surface area contributed by atoms with Gasteiger partial charge in [0, 0.05) is 38.3 Å². The van der Waals surface area contributed by atoms with Crippen LogP contribution in [0.5, 0.6) is 0 Å². The first-order valence-corrected chi connectivity index (χ1v) is 11.9. The van der Waals surface area contributed by atoms with Gasteiger partial charge in [-0.05, 0) is 35.2 Å². The van der Waals surface area contributed by atoms with Gasteiger partial charge >= 0.3 is 0 Å². The molecule has 3 aromatic rings.